The minimum atomic E-state index is -0.223. The molecule has 1 aliphatic carbocycles. The zero-order chi connectivity index (χ0) is 51.1. The van der Waals surface area contributed by atoms with Crippen LogP contribution >= 0.6 is 0 Å². The molecule has 0 saturated heterocycles. The molecule has 0 fully saturated rings. The number of nitrogen functional groups attached to an aromatic ring is 1. The predicted octanol–water partition coefficient (Wildman–Crippen LogP) is 18.4. The Balaban J connectivity index is 0.864. The minimum absolute atomic E-state index is 0.0345. The monoisotopic (exact) mass is 977 g/mol. The highest BCUT2D eigenvalue weighted by molar-refractivity contribution is 6.11. The lowest BCUT2D eigenvalue weighted by Gasteiger charge is -2.31. The Morgan fingerprint density at radius 2 is 0.855 bits per heavy atom. The van der Waals surface area contributed by atoms with Gasteiger partial charge in [-0.15, -0.1) is 0 Å². The van der Waals surface area contributed by atoms with E-state index in [0.717, 1.165) is 34.0 Å². The van der Waals surface area contributed by atoms with Crippen molar-refractivity contribution in [2.45, 2.75) is 25.4 Å². The molecular weight excluding hydrogens is 923 g/mol. The lowest BCUT2D eigenvalue weighted by atomic mass is 9.81. The molecule has 0 amide bonds. The van der Waals surface area contributed by atoms with Crippen molar-refractivity contribution in [2.75, 3.05) is 27.5 Å². The van der Waals surface area contributed by atoms with Crippen molar-refractivity contribution in [1.82, 2.24) is 4.57 Å². The number of nitrogens with two attached hydrogens (primary N) is 1. The van der Waals surface area contributed by atoms with E-state index in [4.69, 9.17) is 5.73 Å². The van der Waals surface area contributed by atoms with Gasteiger partial charge in [-0.3, -0.25) is 0 Å². The molecule has 2 heterocycles. The quantitative estimate of drug-likeness (QED) is 0.146. The highest BCUT2D eigenvalue weighted by Gasteiger charge is 2.38. The minimum Gasteiger partial charge on any atom is -0.399 e. The Hall–Kier alpha value is -9.58. The normalized spacial score (nSPS) is 14.2. The summed E-state index contributed by atoms with van der Waals surface area (Å²) in [5.41, 5.74) is 30.6. The summed E-state index contributed by atoms with van der Waals surface area (Å²) in [6.45, 7) is 4.73. The maximum atomic E-state index is 6.08. The van der Waals surface area contributed by atoms with Gasteiger partial charge < -0.3 is 25.0 Å². The zero-order valence-corrected chi connectivity index (χ0v) is 42.8. The molecule has 1 unspecified atom stereocenters. The van der Waals surface area contributed by atoms with Crippen molar-refractivity contribution in [1.29, 1.82) is 0 Å². The second-order valence-corrected chi connectivity index (χ2v) is 20.9. The smallest absolute Gasteiger partial charge is 0.132 e. The van der Waals surface area contributed by atoms with Crippen LogP contribution in [0.3, 0.4) is 0 Å². The standard InChI is InChI=1S/C71H55N5/c1-71(2)64-45-52(49-23-32-54(72)33-24-49)29-39-60(64)61-40-38-59(46-65(61)71)74(57-34-25-48(26-35-57)47-15-7-4-8-16-47)58-36-27-50(28-37-58)51-30-41-66-62(43-51)63-44-53(31-42-67(63)75(66)55-17-9-5-10-18-55)70-73(3)68-21-13-14-22-69(68)76(70)56-19-11-6-12-20-56/h4-46,70H,72H2,1-3H3. The Bertz CT molecular complexity index is 4140. The van der Waals surface area contributed by atoms with Crippen LogP contribution in [0, 0.1) is 0 Å². The second kappa shape index (κ2) is 17.8. The molecule has 76 heavy (non-hydrogen) atoms. The van der Waals surface area contributed by atoms with Gasteiger partial charge in [-0.2, -0.15) is 0 Å². The first-order chi connectivity index (χ1) is 37.3. The lowest BCUT2D eigenvalue weighted by Crippen LogP contribution is -2.30. The molecule has 0 spiro atoms. The third-order valence-electron chi connectivity index (χ3n) is 16.1. The average Bonchev–Trinajstić information content (AvgIpc) is 4.18. The fourth-order valence-corrected chi connectivity index (χ4v) is 12.3. The van der Waals surface area contributed by atoms with Gasteiger partial charge in [-0.05, 0) is 176 Å². The van der Waals surface area contributed by atoms with Crippen LogP contribution in [-0.4, -0.2) is 11.6 Å². The Morgan fingerprint density at radius 1 is 0.395 bits per heavy atom. The van der Waals surface area contributed by atoms with E-state index in [2.05, 4.69) is 289 Å². The van der Waals surface area contributed by atoms with Crippen LogP contribution in [0.15, 0.2) is 261 Å². The van der Waals surface area contributed by atoms with E-state index >= 15 is 0 Å². The molecule has 0 radical (unpaired) electrons. The van der Waals surface area contributed by atoms with Crippen LogP contribution in [0.2, 0.25) is 0 Å². The summed E-state index contributed by atoms with van der Waals surface area (Å²) in [6, 6.07) is 95.3. The third kappa shape index (κ3) is 7.38. The lowest BCUT2D eigenvalue weighted by molar-refractivity contribution is 0.660. The molecular formula is C71H55N5. The first-order valence-electron chi connectivity index (χ1n) is 26.3. The van der Waals surface area contributed by atoms with Gasteiger partial charge in [0.25, 0.3) is 0 Å². The first kappa shape index (κ1) is 45.1. The number of rotatable bonds is 9. The zero-order valence-electron chi connectivity index (χ0n) is 42.8. The molecule has 1 atom stereocenters. The van der Waals surface area contributed by atoms with Gasteiger partial charge in [0.15, 0.2) is 0 Å². The number of hydrogen-bond donors (Lipinski definition) is 1. The van der Waals surface area contributed by atoms with Crippen LogP contribution in [-0.2, 0) is 5.41 Å². The third-order valence-corrected chi connectivity index (χ3v) is 16.1. The number of anilines is 7. The maximum absolute atomic E-state index is 6.08. The van der Waals surface area contributed by atoms with Crippen molar-refractivity contribution in [2.24, 2.45) is 0 Å². The number of nitrogens with zero attached hydrogens (tertiary/aromatic N) is 4. The Kier molecular flexibility index (Phi) is 10.6. The fraction of sp³-hybridized carbons (Fsp3) is 0.0704. The summed E-state index contributed by atoms with van der Waals surface area (Å²) in [6.07, 6.45) is -0.0345. The van der Waals surface area contributed by atoms with Gasteiger partial charge >= 0.3 is 0 Å². The van der Waals surface area contributed by atoms with Gasteiger partial charge in [0, 0.05) is 57.4 Å². The van der Waals surface area contributed by atoms with Crippen molar-refractivity contribution >= 4 is 61.6 Å². The summed E-state index contributed by atoms with van der Waals surface area (Å²) in [5, 5.41) is 2.44. The van der Waals surface area contributed by atoms with Gasteiger partial charge in [0.05, 0.1) is 22.4 Å². The van der Waals surface area contributed by atoms with Crippen LogP contribution < -0.4 is 20.4 Å². The van der Waals surface area contributed by atoms with E-state index in [9.17, 15) is 0 Å². The molecule has 2 aliphatic rings. The Morgan fingerprint density at radius 3 is 1.51 bits per heavy atom. The van der Waals surface area contributed by atoms with E-state index in [1.165, 1.54) is 94.5 Å². The summed E-state index contributed by atoms with van der Waals surface area (Å²) in [5.74, 6) is 0. The van der Waals surface area contributed by atoms with Crippen molar-refractivity contribution < 1.29 is 0 Å². The summed E-state index contributed by atoms with van der Waals surface area (Å²) in [7, 11) is 2.22. The highest BCUT2D eigenvalue weighted by Crippen LogP contribution is 2.53. The van der Waals surface area contributed by atoms with Crippen LogP contribution in [0.4, 0.5) is 39.8 Å². The van der Waals surface area contributed by atoms with E-state index in [0.29, 0.717) is 0 Å². The van der Waals surface area contributed by atoms with Gasteiger partial charge in [0.2, 0.25) is 0 Å². The van der Waals surface area contributed by atoms with Crippen LogP contribution in [0.1, 0.15) is 36.7 Å². The van der Waals surface area contributed by atoms with Crippen molar-refractivity contribution in [3.63, 3.8) is 0 Å². The molecule has 5 heteroatoms. The maximum Gasteiger partial charge on any atom is 0.132 e. The molecule has 5 nitrogen and oxygen atoms in total. The number of aromatic nitrogens is 1. The summed E-state index contributed by atoms with van der Waals surface area (Å²) >= 11 is 0. The van der Waals surface area contributed by atoms with Gasteiger partial charge in [-0.25, -0.2) is 0 Å². The molecule has 2 N–H and O–H groups in total. The number of hydrogen-bond acceptors (Lipinski definition) is 4. The molecule has 364 valence electrons. The molecule has 14 rings (SSSR count). The topological polar surface area (TPSA) is 40.7 Å². The van der Waals surface area contributed by atoms with E-state index in [1.54, 1.807) is 0 Å². The second-order valence-electron chi connectivity index (χ2n) is 20.9. The number of fused-ring (bicyclic) bond motifs is 7. The average molecular weight is 978 g/mol. The Labute approximate surface area is 444 Å². The molecule has 0 saturated carbocycles. The number of benzene rings is 11. The van der Waals surface area contributed by atoms with Gasteiger partial charge in [0.1, 0.15) is 6.17 Å². The van der Waals surface area contributed by atoms with Crippen LogP contribution in [0.25, 0.3) is 72.0 Å². The molecule has 12 aromatic rings. The van der Waals surface area contributed by atoms with E-state index in [1.807, 2.05) is 12.1 Å². The molecule has 0 bridgehead atoms. The predicted molar refractivity (Wildman–Crippen MR) is 320 cm³/mol. The van der Waals surface area contributed by atoms with Gasteiger partial charge in [-0.1, -0.05) is 159 Å². The summed E-state index contributed by atoms with van der Waals surface area (Å²) in [4.78, 5) is 7.30. The van der Waals surface area contributed by atoms with Crippen molar-refractivity contribution in [3.05, 3.63) is 278 Å². The first-order valence-corrected chi connectivity index (χ1v) is 26.3. The van der Waals surface area contributed by atoms with E-state index < -0.39 is 0 Å². The fourth-order valence-electron chi connectivity index (χ4n) is 12.3. The van der Waals surface area contributed by atoms with Crippen LogP contribution in [0.5, 0.6) is 0 Å². The summed E-state index contributed by atoms with van der Waals surface area (Å²) < 4.78 is 2.42. The molecule has 1 aliphatic heterocycles. The largest absolute Gasteiger partial charge is 0.399 e. The number of para-hydroxylation sites is 4. The van der Waals surface area contributed by atoms with E-state index in [-0.39, 0.29) is 11.6 Å². The molecule has 1 aromatic heterocycles. The SMILES string of the molecule is CN1c2ccccc2N(c2ccccc2)C1c1ccc2c(c1)c1cc(-c3ccc(N(c4ccc(-c5ccccc5)cc4)c4ccc5c(c4)C(C)(C)c4cc(-c6ccc(N)cc6)ccc4-5)cc3)ccc1n2-c1ccccc1. The highest BCUT2D eigenvalue weighted by atomic mass is 15.4. The molecule has 11 aromatic carbocycles. The van der Waals surface area contributed by atoms with Crippen molar-refractivity contribution in [3.8, 4) is 50.2 Å².